The second-order valence-corrected chi connectivity index (χ2v) is 8.48. The molecule has 0 radical (unpaired) electrons. The Morgan fingerprint density at radius 3 is 2.87 bits per heavy atom. The van der Waals surface area contributed by atoms with Crippen LogP contribution in [-0.4, -0.2) is 34.2 Å². The van der Waals surface area contributed by atoms with Crippen molar-refractivity contribution in [3.63, 3.8) is 0 Å². The minimum atomic E-state index is -0.319. The lowest BCUT2D eigenvalue weighted by Crippen LogP contribution is -2.38. The Morgan fingerprint density at radius 2 is 2.13 bits per heavy atom. The Morgan fingerprint density at radius 1 is 1.29 bits per heavy atom. The molecule has 0 spiro atoms. The molecule has 4 rings (SSSR count). The van der Waals surface area contributed by atoms with E-state index >= 15 is 0 Å². The summed E-state index contributed by atoms with van der Waals surface area (Å²) in [4.78, 5) is 23.6. The van der Waals surface area contributed by atoms with Crippen LogP contribution in [0.15, 0.2) is 35.3 Å². The highest BCUT2D eigenvalue weighted by Gasteiger charge is 2.26. The zero-order valence-electron chi connectivity index (χ0n) is 17.1. The molecule has 0 bridgehead atoms. The van der Waals surface area contributed by atoms with Gasteiger partial charge in [-0.2, -0.15) is 5.26 Å². The fourth-order valence-electron chi connectivity index (χ4n) is 4.11. The molecule has 3 aromatic heterocycles. The molecule has 0 unspecified atom stereocenters. The number of anilines is 1. The van der Waals surface area contributed by atoms with Gasteiger partial charge in [0.2, 0.25) is 0 Å². The first kappa shape index (κ1) is 21.4. The molecule has 0 aliphatic carbocycles. The van der Waals surface area contributed by atoms with Crippen LogP contribution in [0.25, 0.3) is 16.4 Å². The minimum absolute atomic E-state index is 0.112. The van der Waals surface area contributed by atoms with Crippen molar-refractivity contribution in [3.8, 4) is 6.07 Å². The predicted octanol–water partition coefficient (Wildman–Crippen LogP) is 4.82. The summed E-state index contributed by atoms with van der Waals surface area (Å²) in [5, 5.41) is 15.2. The van der Waals surface area contributed by atoms with E-state index in [1.54, 1.807) is 37.5 Å². The molecule has 9 heteroatoms. The summed E-state index contributed by atoms with van der Waals surface area (Å²) in [7, 11) is 1.65. The molecule has 0 N–H and O–H groups in total. The molecule has 1 saturated heterocycles. The highest BCUT2D eigenvalue weighted by Crippen LogP contribution is 2.32. The molecular weight excluding hydrogens is 435 g/mol. The molecule has 7 nitrogen and oxygen atoms in total. The minimum Gasteiger partial charge on any atom is -0.466 e. The zero-order valence-corrected chi connectivity index (χ0v) is 18.6. The average Bonchev–Trinajstić information content (AvgIpc) is 2.77. The predicted molar refractivity (Wildman–Crippen MR) is 123 cm³/mol. The summed E-state index contributed by atoms with van der Waals surface area (Å²) >= 11 is 12.0. The molecule has 0 aromatic carbocycles. The zero-order chi connectivity index (χ0) is 22.0. The summed E-state index contributed by atoms with van der Waals surface area (Å²) in [6.45, 7) is 2.14. The van der Waals surface area contributed by atoms with Crippen LogP contribution in [-0.2, 0) is 7.05 Å². The number of fused-ring (bicyclic) bond motifs is 1. The van der Waals surface area contributed by atoms with E-state index in [0.717, 1.165) is 32.4 Å². The van der Waals surface area contributed by atoms with Crippen molar-refractivity contribution in [2.24, 2.45) is 13.0 Å². The Hall–Kier alpha value is -2.82. The lowest BCUT2D eigenvalue weighted by atomic mass is 9.93. The van der Waals surface area contributed by atoms with Gasteiger partial charge in [-0.05, 0) is 43.4 Å². The maximum Gasteiger partial charge on any atom is 0.270 e. The van der Waals surface area contributed by atoms with Gasteiger partial charge in [0.25, 0.3) is 5.56 Å². The number of rotatable bonds is 5. The molecule has 160 valence electrons. The van der Waals surface area contributed by atoms with E-state index in [-0.39, 0.29) is 11.1 Å². The molecule has 1 atom stereocenters. The van der Waals surface area contributed by atoms with Crippen LogP contribution in [0.4, 0.5) is 11.5 Å². The maximum atomic E-state index is 12.8. The number of aryl methyl sites for hydroxylation is 1. The van der Waals surface area contributed by atoms with Crippen LogP contribution in [0.3, 0.4) is 0 Å². The smallest absolute Gasteiger partial charge is 0.270 e. The highest BCUT2D eigenvalue weighted by atomic mass is 35.5. The van der Waals surface area contributed by atoms with E-state index in [0.29, 0.717) is 45.2 Å². The van der Waals surface area contributed by atoms with Gasteiger partial charge in [0.15, 0.2) is 0 Å². The fraction of sp³-hybridized carbons (Fsp3) is 0.364. The van der Waals surface area contributed by atoms with Crippen molar-refractivity contribution in [2.45, 2.75) is 19.3 Å². The van der Waals surface area contributed by atoms with Gasteiger partial charge in [-0.25, -0.2) is 4.98 Å². The largest absolute Gasteiger partial charge is 0.466 e. The average molecular weight is 456 g/mol. The van der Waals surface area contributed by atoms with E-state index in [2.05, 4.69) is 26.3 Å². The van der Waals surface area contributed by atoms with Crippen LogP contribution >= 0.6 is 23.2 Å². The van der Waals surface area contributed by atoms with Crippen LogP contribution in [0.5, 0.6) is 0 Å². The number of halogens is 2. The lowest BCUT2D eigenvalue weighted by molar-refractivity contribution is 0.401. The molecule has 3 aromatic rings. The van der Waals surface area contributed by atoms with Gasteiger partial charge < -0.3 is 19.8 Å². The number of pyridine rings is 3. The van der Waals surface area contributed by atoms with E-state index in [1.807, 2.05) is 0 Å². The van der Waals surface area contributed by atoms with Gasteiger partial charge in [0, 0.05) is 25.2 Å². The third-order valence-corrected chi connectivity index (χ3v) is 6.08. The summed E-state index contributed by atoms with van der Waals surface area (Å²) < 4.78 is 1.46. The molecule has 1 fully saturated rings. The first-order chi connectivity index (χ1) is 15.0. The molecule has 0 amide bonds. The Kier molecular flexibility index (Phi) is 6.30. The standard InChI is InChI=1S/C22H21Cl2N6O/c1-29-17-5-6-18(24)28-20(17)21(16(11-25)22(29)31)30-10-2-3-14(13-30)8-9-26-19-7-4-15(23)12-27-19/h4-7,12,14H,2-3,8-10,13H2,1H3/q-1/t14-/m1/s1. The van der Waals surface area contributed by atoms with Crippen molar-refractivity contribution in [3.05, 3.63) is 61.9 Å². The van der Waals surface area contributed by atoms with Gasteiger partial charge in [-0.3, -0.25) is 4.79 Å². The molecule has 31 heavy (non-hydrogen) atoms. The SMILES string of the molecule is Cn1c(=O)c(C#N)c(N2CCC[C@H](CC[N-]c3ccc(Cl)cn3)C2)c2nc(Cl)ccc21. The van der Waals surface area contributed by atoms with Crippen LogP contribution in [0.1, 0.15) is 24.8 Å². The normalized spacial score (nSPS) is 16.3. The number of nitrogens with zero attached hydrogens (tertiary/aromatic N) is 6. The maximum absolute atomic E-state index is 12.8. The van der Waals surface area contributed by atoms with E-state index < -0.39 is 0 Å². The molecular formula is C22H21Cl2N6O-. The molecule has 0 saturated carbocycles. The van der Waals surface area contributed by atoms with Crippen molar-refractivity contribution < 1.29 is 0 Å². The number of hydrogen-bond acceptors (Lipinski definition) is 5. The van der Waals surface area contributed by atoms with Gasteiger partial charge >= 0.3 is 0 Å². The van der Waals surface area contributed by atoms with E-state index in [4.69, 9.17) is 23.2 Å². The second-order valence-electron chi connectivity index (χ2n) is 7.66. The first-order valence-corrected chi connectivity index (χ1v) is 10.9. The van der Waals surface area contributed by atoms with Crippen molar-refractivity contribution in [2.75, 3.05) is 24.5 Å². The number of aromatic nitrogens is 3. The van der Waals surface area contributed by atoms with Gasteiger partial charge in [-0.1, -0.05) is 47.8 Å². The van der Waals surface area contributed by atoms with Crippen molar-refractivity contribution in [1.29, 1.82) is 5.26 Å². The third-order valence-electron chi connectivity index (χ3n) is 5.65. The lowest BCUT2D eigenvalue weighted by Gasteiger charge is -2.35. The van der Waals surface area contributed by atoms with Crippen LogP contribution in [0, 0.1) is 17.2 Å². The summed E-state index contributed by atoms with van der Waals surface area (Å²) in [6.07, 6.45) is 4.51. The molecule has 4 heterocycles. The monoisotopic (exact) mass is 455 g/mol. The second kappa shape index (κ2) is 9.13. The Bertz CT molecular complexity index is 1200. The van der Waals surface area contributed by atoms with Gasteiger partial charge in [-0.15, -0.1) is 0 Å². The quantitative estimate of drug-likeness (QED) is 0.514. The summed E-state index contributed by atoms with van der Waals surface area (Å²) in [5.41, 5.74) is 1.63. The molecule has 1 aliphatic rings. The number of nitriles is 1. The van der Waals surface area contributed by atoms with Crippen LogP contribution < -0.4 is 10.5 Å². The first-order valence-electron chi connectivity index (χ1n) is 10.1. The van der Waals surface area contributed by atoms with Crippen LogP contribution in [0.2, 0.25) is 10.2 Å². The molecule has 1 aliphatic heterocycles. The topological polar surface area (TPSA) is 88.9 Å². The summed E-state index contributed by atoms with van der Waals surface area (Å²) in [5.74, 6) is 1.05. The number of piperidine rings is 1. The summed E-state index contributed by atoms with van der Waals surface area (Å²) in [6, 6.07) is 9.11. The van der Waals surface area contributed by atoms with E-state index in [1.165, 1.54) is 4.57 Å². The van der Waals surface area contributed by atoms with Crippen molar-refractivity contribution in [1.82, 2.24) is 14.5 Å². The van der Waals surface area contributed by atoms with E-state index in [9.17, 15) is 10.1 Å². The highest BCUT2D eigenvalue weighted by molar-refractivity contribution is 6.30. The Balaban J connectivity index is 1.57. The third kappa shape index (κ3) is 4.46. The van der Waals surface area contributed by atoms with Gasteiger partial charge in [0.1, 0.15) is 22.3 Å². The van der Waals surface area contributed by atoms with Gasteiger partial charge in [0.05, 0.1) is 11.2 Å². The number of hydrogen-bond donors (Lipinski definition) is 0. The fourth-order valence-corrected chi connectivity index (χ4v) is 4.36. The van der Waals surface area contributed by atoms with Crippen molar-refractivity contribution >= 4 is 45.7 Å². The Labute approximate surface area is 190 Å².